The van der Waals surface area contributed by atoms with Gasteiger partial charge < -0.3 is 0 Å². The Bertz CT molecular complexity index is 445. The summed E-state index contributed by atoms with van der Waals surface area (Å²) in [7, 11) is 0. The van der Waals surface area contributed by atoms with Crippen LogP contribution in [0.15, 0.2) is 24.3 Å². The van der Waals surface area contributed by atoms with E-state index >= 15 is 0 Å². The second-order valence-electron chi connectivity index (χ2n) is 6.98. The zero-order valence-electron chi connectivity index (χ0n) is 12.7. The number of rotatable bonds is 4. The van der Waals surface area contributed by atoms with E-state index < -0.39 is 0 Å². The van der Waals surface area contributed by atoms with E-state index in [9.17, 15) is 4.39 Å². The number of hydrogen-bond acceptors (Lipinski definition) is 2. The molecule has 1 aromatic carbocycles. The molecule has 2 aliphatic rings. The van der Waals surface area contributed by atoms with Crippen molar-refractivity contribution < 1.29 is 4.39 Å². The molecule has 0 saturated heterocycles. The van der Waals surface area contributed by atoms with Crippen molar-refractivity contribution in [3.8, 4) is 0 Å². The van der Waals surface area contributed by atoms with E-state index in [4.69, 9.17) is 5.84 Å². The predicted octanol–water partition coefficient (Wildman–Crippen LogP) is 3.81. The maximum absolute atomic E-state index is 13.0. The van der Waals surface area contributed by atoms with Crippen molar-refractivity contribution in [2.45, 2.75) is 57.4 Å². The summed E-state index contributed by atoms with van der Waals surface area (Å²) >= 11 is 0. The number of fused-ring (bicyclic) bond motifs is 1. The van der Waals surface area contributed by atoms with Crippen molar-refractivity contribution in [3.63, 3.8) is 0 Å². The Morgan fingerprint density at radius 3 is 2.48 bits per heavy atom. The molecule has 4 unspecified atom stereocenters. The standard InChI is InChI=1S/C18H27FN2/c19-17-9-5-13(6-10-17)11-18(21-20)16-8-7-14-3-1-2-4-15(14)12-16/h5-6,9-10,14-16,18,21H,1-4,7-8,11-12,20H2. The van der Waals surface area contributed by atoms with Gasteiger partial charge in [-0.3, -0.25) is 11.3 Å². The molecular formula is C18H27FN2. The lowest BCUT2D eigenvalue weighted by atomic mass is 9.65. The summed E-state index contributed by atoms with van der Waals surface area (Å²) in [4.78, 5) is 0. The first-order valence-corrected chi connectivity index (χ1v) is 8.47. The van der Waals surface area contributed by atoms with Gasteiger partial charge in [0.25, 0.3) is 0 Å². The average molecular weight is 290 g/mol. The molecule has 4 atom stereocenters. The third-order valence-corrected chi connectivity index (χ3v) is 5.73. The molecule has 0 aromatic heterocycles. The normalized spacial score (nSPS) is 30.7. The zero-order chi connectivity index (χ0) is 14.7. The van der Waals surface area contributed by atoms with Crippen LogP contribution in [0.25, 0.3) is 0 Å². The third kappa shape index (κ3) is 3.64. The SMILES string of the molecule is NNC(Cc1ccc(F)cc1)C1CCC2CCCCC2C1. The van der Waals surface area contributed by atoms with Gasteiger partial charge in [-0.15, -0.1) is 0 Å². The van der Waals surface area contributed by atoms with Crippen LogP contribution in [-0.4, -0.2) is 6.04 Å². The van der Waals surface area contributed by atoms with Gasteiger partial charge in [-0.05, 0) is 61.1 Å². The summed E-state index contributed by atoms with van der Waals surface area (Å²) in [5.74, 6) is 8.21. The summed E-state index contributed by atoms with van der Waals surface area (Å²) < 4.78 is 13.0. The summed E-state index contributed by atoms with van der Waals surface area (Å²) in [6.07, 6.45) is 10.6. The highest BCUT2D eigenvalue weighted by molar-refractivity contribution is 5.17. The van der Waals surface area contributed by atoms with Crippen LogP contribution in [0.2, 0.25) is 0 Å². The smallest absolute Gasteiger partial charge is 0.123 e. The van der Waals surface area contributed by atoms with E-state index in [1.165, 1.54) is 50.5 Å². The van der Waals surface area contributed by atoms with Gasteiger partial charge in [-0.25, -0.2) is 4.39 Å². The fraction of sp³-hybridized carbons (Fsp3) is 0.667. The van der Waals surface area contributed by atoms with Crippen LogP contribution in [0.3, 0.4) is 0 Å². The lowest BCUT2D eigenvalue weighted by molar-refractivity contribution is 0.109. The van der Waals surface area contributed by atoms with Crippen molar-refractivity contribution in [1.29, 1.82) is 0 Å². The molecule has 3 heteroatoms. The zero-order valence-corrected chi connectivity index (χ0v) is 12.7. The molecule has 0 bridgehead atoms. The molecule has 3 N–H and O–H groups in total. The number of halogens is 1. The van der Waals surface area contributed by atoms with Crippen LogP contribution in [-0.2, 0) is 6.42 Å². The van der Waals surface area contributed by atoms with Gasteiger partial charge in [0.05, 0.1) is 0 Å². The summed E-state index contributed by atoms with van der Waals surface area (Å²) in [6.45, 7) is 0. The van der Waals surface area contributed by atoms with E-state index in [1.807, 2.05) is 12.1 Å². The Hall–Kier alpha value is -0.930. The first-order valence-electron chi connectivity index (χ1n) is 8.47. The summed E-state index contributed by atoms with van der Waals surface area (Å²) in [6, 6.07) is 7.16. The highest BCUT2D eigenvalue weighted by Crippen LogP contribution is 2.43. The van der Waals surface area contributed by atoms with E-state index in [0.717, 1.165) is 18.3 Å². The minimum atomic E-state index is -0.168. The largest absolute Gasteiger partial charge is 0.271 e. The highest BCUT2D eigenvalue weighted by atomic mass is 19.1. The van der Waals surface area contributed by atoms with Gasteiger partial charge in [0.2, 0.25) is 0 Å². The molecule has 3 rings (SSSR count). The van der Waals surface area contributed by atoms with Crippen LogP contribution in [0.1, 0.15) is 50.5 Å². The molecule has 21 heavy (non-hydrogen) atoms. The Kier molecular flexibility index (Phi) is 4.91. The van der Waals surface area contributed by atoms with Crippen molar-refractivity contribution in [2.24, 2.45) is 23.6 Å². The van der Waals surface area contributed by atoms with Crippen molar-refractivity contribution >= 4 is 0 Å². The van der Waals surface area contributed by atoms with Crippen LogP contribution in [0.4, 0.5) is 4.39 Å². The predicted molar refractivity (Wildman–Crippen MR) is 84.0 cm³/mol. The lowest BCUT2D eigenvalue weighted by Crippen LogP contribution is -2.45. The van der Waals surface area contributed by atoms with Gasteiger partial charge >= 0.3 is 0 Å². The van der Waals surface area contributed by atoms with Crippen molar-refractivity contribution in [1.82, 2.24) is 5.43 Å². The van der Waals surface area contributed by atoms with Gasteiger partial charge in [0, 0.05) is 6.04 Å². The second-order valence-corrected chi connectivity index (χ2v) is 6.98. The first-order chi connectivity index (χ1) is 10.3. The molecule has 116 valence electrons. The van der Waals surface area contributed by atoms with Gasteiger partial charge in [-0.2, -0.15) is 0 Å². The third-order valence-electron chi connectivity index (χ3n) is 5.73. The molecule has 0 amide bonds. The number of benzene rings is 1. The Balaban J connectivity index is 1.61. The lowest BCUT2D eigenvalue weighted by Gasteiger charge is -2.41. The Morgan fingerprint density at radius 2 is 1.76 bits per heavy atom. The molecule has 0 spiro atoms. The number of hydrazine groups is 1. The molecule has 0 heterocycles. The molecular weight excluding hydrogens is 263 g/mol. The maximum Gasteiger partial charge on any atom is 0.123 e. The van der Waals surface area contributed by atoms with Crippen LogP contribution in [0, 0.1) is 23.6 Å². The van der Waals surface area contributed by atoms with Crippen molar-refractivity contribution in [2.75, 3.05) is 0 Å². The number of nitrogens with two attached hydrogens (primary N) is 1. The molecule has 2 fully saturated rings. The summed E-state index contributed by atoms with van der Waals surface area (Å²) in [5.41, 5.74) is 4.21. The minimum absolute atomic E-state index is 0.168. The molecule has 0 aliphatic heterocycles. The number of nitrogens with one attached hydrogen (secondary N) is 1. The van der Waals surface area contributed by atoms with Gasteiger partial charge in [-0.1, -0.05) is 37.8 Å². The van der Waals surface area contributed by atoms with Gasteiger partial charge in [0.1, 0.15) is 5.82 Å². The van der Waals surface area contributed by atoms with E-state index in [-0.39, 0.29) is 5.82 Å². The molecule has 1 aromatic rings. The topological polar surface area (TPSA) is 38.0 Å². The Morgan fingerprint density at radius 1 is 1.05 bits per heavy atom. The van der Waals surface area contributed by atoms with E-state index in [0.29, 0.717) is 12.0 Å². The fourth-order valence-electron chi connectivity index (χ4n) is 4.51. The molecule has 2 aliphatic carbocycles. The van der Waals surface area contributed by atoms with Crippen LogP contribution < -0.4 is 11.3 Å². The first kappa shape index (κ1) is 15.0. The van der Waals surface area contributed by atoms with Gasteiger partial charge in [0.15, 0.2) is 0 Å². The minimum Gasteiger partial charge on any atom is -0.271 e. The molecule has 0 radical (unpaired) electrons. The average Bonchev–Trinajstić information content (AvgIpc) is 2.54. The molecule has 2 nitrogen and oxygen atoms in total. The highest BCUT2D eigenvalue weighted by Gasteiger charge is 2.35. The second kappa shape index (κ2) is 6.89. The van der Waals surface area contributed by atoms with E-state index in [1.54, 1.807) is 12.1 Å². The van der Waals surface area contributed by atoms with Crippen LogP contribution in [0.5, 0.6) is 0 Å². The quantitative estimate of drug-likeness (QED) is 0.654. The van der Waals surface area contributed by atoms with Crippen LogP contribution >= 0.6 is 0 Å². The fourth-order valence-corrected chi connectivity index (χ4v) is 4.51. The molecule has 2 saturated carbocycles. The number of hydrogen-bond donors (Lipinski definition) is 2. The maximum atomic E-state index is 13.0. The Labute approximate surface area is 127 Å². The summed E-state index contributed by atoms with van der Waals surface area (Å²) in [5, 5.41) is 0. The van der Waals surface area contributed by atoms with Crippen molar-refractivity contribution in [3.05, 3.63) is 35.6 Å². The van der Waals surface area contributed by atoms with E-state index in [2.05, 4.69) is 5.43 Å². The monoisotopic (exact) mass is 290 g/mol.